The molecule has 0 spiro atoms. The summed E-state index contributed by atoms with van der Waals surface area (Å²) in [6.07, 6.45) is 4.19. The molecule has 1 N–H and O–H groups in total. The molecule has 0 fully saturated rings. The van der Waals surface area contributed by atoms with Crippen LogP contribution in [-0.4, -0.2) is 4.98 Å². The van der Waals surface area contributed by atoms with E-state index in [1.807, 2.05) is 6.07 Å². The first-order valence-corrected chi connectivity index (χ1v) is 5.39. The summed E-state index contributed by atoms with van der Waals surface area (Å²) < 4.78 is 2.11. The average molecular weight is 209 g/mol. The van der Waals surface area contributed by atoms with Crippen LogP contribution in [0.5, 0.6) is 0 Å². The van der Waals surface area contributed by atoms with Gasteiger partial charge in [0.25, 0.3) is 5.65 Å². The van der Waals surface area contributed by atoms with E-state index in [0.717, 1.165) is 11.3 Å². The third-order valence-electron chi connectivity index (χ3n) is 2.76. The molecule has 3 aromatic rings. The summed E-state index contributed by atoms with van der Waals surface area (Å²) in [7, 11) is 0. The molecule has 0 atom stereocenters. The minimum Gasteiger partial charge on any atom is -0.237 e. The third kappa shape index (κ3) is 1.48. The largest absolute Gasteiger partial charge is 0.284 e. The number of nitrogens with one attached hydrogen (secondary N) is 1. The minimum absolute atomic E-state index is 1.12. The second kappa shape index (κ2) is 3.49. The van der Waals surface area contributed by atoms with Crippen molar-refractivity contribution < 1.29 is 4.40 Å². The van der Waals surface area contributed by atoms with Gasteiger partial charge < -0.3 is 0 Å². The Morgan fingerprint density at radius 2 is 1.88 bits per heavy atom. The first-order valence-electron chi connectivity index (χ1n) is 5.39. The molecule has 0 radical (unpaired) electrons. The maximum Gasteiger partial charge on any atom is 0.284 e. The lowest BCUT2D eigenvalue weighted by molar-refractivity contribution is -0.509. The first-order chi connectivity index (χ1) is 7.83. The van der Waals surface area contributed by atoms with Crippen molar-refractivity contribution in [1.82, 2.24) is 4.98 Å². The number of aromatic amines is 1. The minimum atomic E-state index is 1.12. The van der Waals surface area contributed by atoms with Crippen LogP contribution >= 0.6 is 0 Å². The van der Waals surface area contributed by atoms with Crippen molar-refractivity contribution in [3.63, 3.8) is 0 Å². The highest BCUT2D eigenvalue weighted by Gasteiger charge is 2.09. The Morgan fingerprint density at radius 1 is 1.06 bits per heavy atom. The van der Waals surface area contributed by atoms with Gasteiger partial charge >= 0.3 is 0 Å². The maximum atomic E-state index is 3.42. The Bertz CT molecular complexity index is 624. The molecule has 0 aliphatic rings. The number of hydrogen-bond acceptors (Lipinski definition) is 0. The number of imidazole rings is 1. The predicted octanol–water partition coefficient (Wildman–Crippen LogP) is 2.73. The van der Waals surface area contributed by atoms with E-state index in [9.17, 15) is 0 Å². The fourth-order valence-electron chi connectivity index (χ4n) is 1.90. The zero-order valence-corrected chi connectivity index (χ0v) is 9.14. The standard InChI is InChI=1S/C14H12N2/c1-11-7-8-16-10-13(15-14(16)9-11)12-5-3-2-4-6-12/h2-10H,1H3/p+1. The quantitative estimate of drug-likeness (QED) is 0.595. The molecule has 78 valence electrons. The Balaban J connectivity index is 2.19. The second-order valence-corrected chi connectivity index (χ2v) is 4.03. The van der Waals surface area contributed by atoms with E-state index < -0.39 is 0 Å². The number of aromatic nitrogens is 2. The van der Waals surface area contributed by atoms with Crippen LogP contribution in [0.3, 0.4) is 0 Å². The molecule has 16 heavy (non-hydrogen) atoms. The van der Waals surface area contributed by atoms with E-state index in [2.05, 4.69) is 65.1 Å². The highest BCUT2D eigenvalue weighted by molar-refractivity contribution is 5.59. The van der Waals surface area contributed by atoms with Crippen molar-refractivity contribution >= 4 is 5.65 Å². The van der Waals surface area contributed by atoms with Gasteiger partial charge in [-0.05, 0) is 18.6 Å². The van der Waals surface area contributed by atoms with Gasteiger partial charge in [0.1, 0.15) is 6.20 Å². The molecule has 2 heterocycles. The van der Waals surface area contributed by atoms with Gasteiger partial charge in [0.05, 0.1) is 6.20 Å². The van der Waals surface area contributed by atoms with Gasteiger partial charge in [-0.2, -0.15) is 0 Å². The molecule has 3 rings (SSSR count). The topological polar surface area (TPSA) is 19.9 Å². The predicted molar refractivity (Wildman–Crippen MR) is 64.1 cm³/mol. The zero-order chi connectivity index (χ0) is 11.0. The van der Waals surface area contributed by atoms with Crippen LogP contribution < -0.4 is 4.40 Å². The van der Waals surface area contributed by atoms with Crippen LogP contribution in [0.15, 0.2) is 54.9 Å². The summed E-state index contributed by atoms with van der Waals surface area (Å²) in [5.41, 5.74) is 4.75. The second-order valence-electron chi connectivity index (χ2n) is 4.03. The molecule has 2 nitrogen and oxygen atoms in total. The molecule has 2 heteroatoms. The van der Waals surface area contributed by atoms with Crippen molar-refractivity contribution in [2.45, 2.75) is 6.92 Å². The monoisotopic (exact) mass is 209 g/mol. The number of H-pyrrole nitrogens is 1. The van der Waals surface area contributed by atoms with Gasteiger partial charge in [0.15, 0.2) is 5.69 Å². The third-order valence-corrected chi connectivity index (χ3v) is 2.76. The molecule has 0 saturated carbocycles. The molecule has 0 amide bonds. The van der Waals surface area contributed by atoms with Gasteiger partial charge in [-0.3, -0.25) is 0 Å². The van der Waals surface area contributed by atoms with E-state index in [4.69, 9.17) is 0 Å². The van der Waals surface area contributed by atoms with Crippen molar-refractivity contribution in [2.75, 3.05) is 0 Å². The molecule has 1 aromatic carbocycles. The SMILES string of the molecule is Cc1cc[n+]2cc(-c3ccccc3)[nH]c2c1. The average Bonchev–Trinajstić information content (AvgIpc) is 2.73. The number of hydrogen-bond donors (Lipinski definition) is 1. The number of benzene rings is 1. The van der Waals surface area contributed by atoms with Gasteiger partial charge in [0.2, 0.25) is 0 Å². The lowest BCUT2D eigenvalue weighted by Gasteiger charge is -1.89. The van der Waals surface area contributed by atoms with Crippen LogP contribution in [-0.2, 0) is 0 Å². The van der Waals surface area contributed by atoms with Crippen molar-refractivity contribution in [1.29, 1.82) is 0 Å². The molecule has 0 aliphatic carbocycles. The summed E-state index contributed by atoms with van der Waals surface area (Å²) in [4.78, 5) is 3.42. The van der Waals surface area contributed by atoms with Gasteiger partial charge in [0, 0.05) is 11.6 Å². The molecule has 0 aliphatic heterocycles. The lowest BCUT2D eigenvalue weighted by atomic mass is 10.2. The summed E-state index contributed by atoms with van der Waals surface area (Å²) in [5.74, 6) is 0. The van der Waals surface area contributed by atoms with E-state index in [1.54, 1.807) is 0 Å². The Kier molecular flexibility index (Phi) is 2.00. The van der Waals surface area contributed by atoms with Crippen LogP contribution in [0, 0.1) is 6.92 Å². The molecular formula is C14H13N2+. The summed E-state index contributed by atoms with van der Waals surface area (Å²) >= 11 is 0. The smallest absolute Gasteiger partial charge is 0.237 e. The summed E-state index contributed by atoms with van der Waals surface area (Å²) in [6, 6.07) is 14.6. The van der Waals surface area contributed by atoms with E-state index in [-0.39, 0.29) is 0 Å². The van der Waals surface area contributed by atoms with E-state index in [1.165, 1.54) is 11.1 Å². The maximum absolute atomic E-state index is 3.42. The number of pyridine rings is 1. The van der Waals surface area contributed by atoms with Gasteiger partial charge in [-0.1, -0.05) is 30.3 Å². The fraction of sp³-hybridized carbons (Fsp3) is 0.0714. The van der Waals surface area contributed by atoms with Crippen molar-refractivity contribution in [3.05, 3.63) is 60.4 Å². The first kappa shape index (κ1) is 9.16. The fourth-order valence-corrected chi connectivity index (χ4v) is 1.90. The zero-order valence-electron chi connectivity index (χ0n) is 9.14. The van der Waals surface area contributed by atoms with Crippen LogP contribution in [0.4, 0.5) is 0 Å². The Morgan fingerprint density at radius 3 is 2.69 bits per heavy atom. The van der Waals surface area contributed by atoms with Gasteiger partial charge in [-0.25, -0.2) is 9.38 Å². The molecule has 2 aromatic heterocycles. The Labute approximate surface area is 94.2 Å². The van der Waals surface area contributed by atoms with Crippen molar-refractivity contribution in [3.8, 4) is 11.3 Å². The van der Waals surface area contributed by atoms with E-state index in [0.29, 0.717) is 0 Å². The van der Waals surface area contributed by atoms with Crippen LogP contribution in [0.1, 0.15) is 5.56 Å². The highest BCUT2D eigenvalue weighted by atomic mass is 15.0. The normalized spacial score (nSPS) is 10.8. The molecule has 0 saturated heterocycles. The number of rotatable bonds is 1. The number of nitrogens with zero attached hydrogens (tertiary/aromatic N) is 1. The summed E-state index contributed by atoms with van der Waals surface area (Å²) in [6.45, 7) is 2.10. The summed E-state index contributed by atoms with van der Waals surface area (Å²) in [5, 5.41) is 0. The Hall–Kier alpha value is -2.09. The highest BCUT2D eigenvalue weighted by Crippen LogP contribution is 2.15. The number of aryl methyl sites for hydroxylation is 1. The molecule has 0 bridgehead atoms. The lowest BCUT2D eigenvalue weighted by Crippen LogP contribution is -2.16. The van der Waals surface area contributed by atoms with Crippen LogP contribution in [0.2, 0.25) is 0 Å². The molecular weight excluding hydrogens is 196 g/mol. The van der Waals surface area contributed by atoms with E-state index >= 15 is 0 Å². The molecule has 0 unspecified atom stereocenters. The number of fused-ring (bicyclic) bond motifs is 1. The van der Waals surface area contributed by atoms with Crippen LogP contribution in [0.25, 0.3) is 16.9 Å². The van der Waals surface area contributed by atoms with Gasteiger partial charge in [-0.15, -0.1) is 0 Å². The van der Waals surface area contributed by atoms with Crippen molar-refractivity contribution in [2.24, 2.45) is 0 Å².